The van der Waals surface area contributed by atoms with E-state index in [1.54, 1.807) is 41.5 Å². The van der Waals surface area contributed by atoms with E-state index in [0.29, 0.717) is 35.3 Å². The number of carbonyl (C=O) groups is 2. The second-order valence-corrected chi connectivity index (χ2v) is 9.95. The standard InChI is InChI=1S/C25H27N3O4S/c1-16-11-19(21-5-3-4-6-22(21)26-16)14-32-20-9-7-18(8-10-20)24(30)27-25(13-23(29)28-31)12-17(2)33-15-25/h3-11,17,31H,12-15H2,1-2H3,(H,27,30)(H,28,29). The van der Waals surface area contributed by atoms with E-state index < -0.39 is 11.4 Å². The average Bonchev–Trinajstić information content (AvgIpc) is 3.17. The monoisotopic (exact) mass is 465 g/mol. The van der Waals surface area contributed by atoms with Crippen LogP contribution >= 0.6 is 11.8 Å². The Balaban J connectivity index is 1.43. The maximum absolute atomic E-state index is 12.9. The first kappa shape index (κ1) is 23.1. The zero-order chi connectivity index (χ0) is 23.4. The lowest BCUT2D eigenvalue weighted by atomic mass is 9.91. The number of aromatic nitrogens is 1. The summed E-state index contributed by atoms with van der Waals surface area (Å²) in [5.41, 5.74) is 4.41. The van der Waals surface area contributed by atoms with Gasteiger partial charge in [-0.15, -0.1) is 0 Å². The maximum Gasteiger partial charge on any atom is 0.251 e. The summed E-state index contributed by atoms with van der Waals surface area (Å²) >= 11 is 1.70. The van der Waals surface area contributed by atoms with Crippen LogP contribution in [-0.4, -0.2) is 38.5 Å². The summed E-state index contributed by atoms with van der Waals surface area (Å²) in [6.07, 6.45) is 0.699. The molecule has 1 aliphatic rings. The molecule has 2 amide bonds. The van der Waals surface area contributed by atoms with E-state index in [-0.39, 0.29) is 12.3 Å². The van der Waals surface area contributed by atoms with Crippen molar-refractivity contribution in [2.24, 2.45) is 0 Å². The molecule has 1 fully saturated rings. The Labute approximate surface area is 196 Å². The Morgan fingerprint density at radius 2 is 1.97 bits per heavy atom. The van der Waals surface area contributed by atoms with Crippen molar-refractivity contribution in [3.8, 4) is 5.75 Å². The molecule has 0 bridgehead atoms. The summed E-state index contributed by atoms with van der Waals surface area (Å²) in [4.78, 5) is 29.2. The Kier molecular flexibility index (Phi) is 6.85. The van der Waals surface area contributed by atoms with Gasteiger partial charge in [-0.05, 0) is 49.7 Å². The largest absolute Gasteiger partial charge is 0.489 e. The van der Waals surface area contributed by atoms with Crippen molar-refractivity contribution in [2.45, 2.75) is 44.1 Å². The quantitative estimate of drug-likeness (QED) is 0.360. The minimum Gasteiger partial charge on any atom is -0.489 e. The zero-order valence-corrected chi connectivity index (χ0v) is 19.4. The van der Waals surface area contributed by atoms with Crippen molar-refractivity contribution in [2.75, 3.05) is 5.75 Å². The van der Waals surface area contributed by atoms with Crippen LogP contribution in [0.5, 0.6) is 5.75 Å². The SMILES string of the molecule is Cc1cc(COc2ccc(C(=O)NC3(CC(=O)NO)CSC(C)C3)cc2)c2ccccc2n1. The third-order valence-electron chi connectivity index (χ3n) is 5.77. The van der Waals surface area contributed by atoms with Crippen LogP contribution in [0, 0.1) is 6.92 Å². The number of carbonyl (C=O) groups excluding carboxylic acids is 2. The first-order valence-electron chi connectivity index (χ1n) is 10.8. The number of para-hydroxylation sites is 1. The van der Waals surface area contributed by atoms with Gasteiger partial charge in [-0.25, -0.2) is 5.48 Å². The van der Waals surface area contributed by atoms with Gasteiger partial charge in [-0.3, -0.25) is 19.8 Å². The fraction of sp³-hybridized carbons (Fsp3) is 0.320. The van der Waals surface area contributed by atoms with Gasteiger partial charge in [-0.1, -0.05) is 25.1 Å². The molecule has 7 nitrogen and oxygen atoms in total. The normalized spacial score (nSPS) is 19.9. The fourth-order valence-corrected chi connectivity index (χ4v) is 5.59. The van der Waals surface area contributed by atoms with Crippen LogP contribution in [0.25, 0.3) is 10.9 Å². The molecule has 1 aliphatic heterocycles. The highest BCUT2D eigenvalue weighted by atomic mass is 32.2. The second kappa shape index (κ2) is 9.80. The summed E-state index contributed by atoms with van der Waals surface area (Å²) in [5, 5.41) is 13.3. The van der Waals surface area contributed by atoms with Gasteiger partial charge < -0.3 is 10.1 Å². The van der Waals surface area contributed by atoms with Gasteiger partial charge in [-0.2, -0.15) is 11.8 Å². The van der Waals surface area contributed by atoms with E-state index >= 15 is 0 Å². The van der Waals surface area contributed by atoms with Crippen LogP contribution in [0.1, 0.15) is 41.4 Å². The van der Waals surface area contributed by atoms with Crippen LogP contribution in [-0.2, 0) is 11.4 Å². The number of fused-ring (bicyclic) bond motifs is 1. The Morgan fingerprint density at radius 3 is 2.67 bits per heavy atom. The molecular weight excluding hydrogens is 438 g/mol. The van der Waals surface area contributed by atoms with Gasteiger partial charge >= 0.3 is 0 Å². The number of rotatable bonds is 7. The molecule has 3 aromatic rings. The smallest absolute Gasteiger partial charge is 0.251 e. The van der Waals surface area contributed by atoms with Gasteiger partial charge in [0.05, 0.1) is 17.5 Å². The molecule has 0 aliphatic carbocycles. The molecule has 3 N–H and O–H groups in total. The van der Waals surface area contributed by atoms with Crippen LogP contribution < -0.4 is 15.5 Å². The fourth-order valence-electron chi connectivity index (χ4n) is 4.26. The number of hydrogen-bond donors (Lipinski definition) is 3. The highest BCUT2D eigenvalue weighted by Gasteiger charge is 2.41. The molecule has 8 heteroatoms. The van der Waals surface area contributed by atoms with Crippen molar-refractivity contribution in [3.05, 3.63) is 71.4 Å². The third-order valence-corrected chi connectivity index (χ3v) is 7.22. The first-order valence-corrected chi connectivity index (χ1v) is 11.9. The second-order valence-electron chi connectivity index (χ2n) is 8.52. The molecule has 172 valence electrons. The van der Waals surface area contributed by atoms with E-state index in [1.165, 1.54) is 0 Å². The van der Waals surface area contributed by atoms with Gasteiger partial charge in [0.25, 0.3) is 5.91 Å². The predicted octanol–water partition coefficient (Wildman–Crippen LogP) is 4.01. The molecule has 4 rings (SSSR count). The van der Waals surface area contributed by atoms with Crippen molar-refractivity contribution in [3.63, 3.8) is 0 Å². The van der Waals surface area contributed by atoms with E-state index in [4.69, 9.17) is 9.94 Å². The minimum atomic E-state index is -0.677. The molecule has 0 radical (unpaired) electrons. The van der Waals surface area contributed by atoms with Gasteiger partial charge in [0.1, 0.15) is 12.4 Å². The van der Waals surface area contributed by atoms with E-state index in [1.807, 2.05) is 37.3 Å². The highest BCUT2D eigenvalue weighted by molar-refractivity contribution is 8.00. The van der Waals surface area contributed by atoms with Crippen molar-refractivity contribution in [1.29, 1.82) is 0 Å². The Bertz CT molecular complexity index is 1170. The summed E-state index contributed by atoms with van der Waals surface area (Å²) < 4.78 is 5.98. The number of ether oxygens (including phenoxy) is 1. The molecule has 0 saturated carbocycles. The van der Waals surface area contributed by atoms with Crippen molar-refractivity contribution < 1.29 is 19.5 Å². The lowest BCUT2D eigenvalue weighted by Gasteiger charge is -2.29. The average molecular weight is 466 g/mol. The van der Waals surface area contributed by atoms with Gasteiger partial charge in [0.2, 0.25) is 5.91 Å². The highest BCUT2D eigenvalue weighted by Crippen LogP contribution is 2.37. The lowest BCUT2D eigenvalue weighted by molar-refractivity contribution is -0.130. The van der Waals surface area contributed by atoms with Crippen LogP contribution in [0.4, 0.5) is 0 Å². The molecule has 2 heterocycles. The summed E-state index contributed by atoms with van der Waals surface area (Å²) in [7, 11) is 0. The van der Waals surface area contributed by atoms with Crippen LogP contribution in [0.2, 0.25) is 0 Å². The van der Waals surface area contributed by atoms with Gasteiger partial charge in [0, 0.05) is 33.2 Å². The lowest BCUT2D eigenvalue weighted by Crippen LogP contribution is -2.51. The van der Waals surface area contributed by atoms with Crippen molar-refractivity contribution in [1.82, 2.24) is 15.8 Å². The molecular formula is C25H27N3O4S. The van der Waals surface area contributed by atoms with Crippen molar-refractivity contribution >= 4 is 34.5 Å². The molecule has 2 aromatic carbocycles. The van der Waals surface area contributed by atoms with Crippen LogP contribution in [0.3, 0.4) is 0 Å². The number of nitrogens with zero attached hydrogens (tertiary/aromatic N) is 1. The maximum atomic E-state index is 12.9. The summed E-state index contributed by atoms with van der Waals surface area (Å²) in [6.45, 7) is 4.42. The Hall–Kier alpha value is -3.10. The number of benzene rings is 2. The summed E-state index contributed by atoms with van der Waals surface area (Å²) in [5.74, 6) is 0.517. The van der Waals surface area contributed by atoms with E-state index in [9.17, 15) is 9.59 Å². The number of hydrogen-bond acceptors (Lipinski definition) is 6. The molecule has 1 saturated heterocycles. The number of nitrogens with one attached hydrogen (secondary N) is 2. The number of pyridine rings is 1. The number of aryl methyl sites for hydroxylation is 1. The molecule has 2 atom stereocenters. The topological polar surface area (TPSA) is 101 Å². The van der Waals surface area contributed by atoms with Gasteiger partial charge in [0.15, 0.2) is 0 Å². The molecule has 33 heavy (non-hydrogen) atoms. The summed E-state index contributed by atoms with van der Waals surface area (Å²) in [6, 6.07) is 17.0. The predicted molar refractivity (Wildman–Crippen MR) is 129 cm³/mol. The first-order chi connectivity index (χ1) is 15.9. The molecule has 1 aromatic heterocycles. The van der Waals surface area contributed by atoms with E-state index in [2.05, 4.69) is 17.2 Å². The molecule has 2 unspecified atom stereocenters. The minimum absolute atomic E-state index is 0.0348. The number of amides is 2. The Morgan fingerprint density at radius 1 is 1.21 bits per heavy atom. The third kappa shape index (κ3) is 5.46. The zero-order valence-electron chi connectivity index (χ0n) is 18.6. The van der Waals surface area contributed by atoms with Crippen LogP contribution in [0.15, 0.2) is 54.6 Å². The van der Waals surface area contributed by atoms with E-state index in [0.717, 1.165) is 22.2 Å². The molecule has 0 spiro atoms. The number of thioether (sulfide) groups is 1. The number of hydroxylamine groups is 1.